The third-order valence-corrected chi connectivity index (χ3v) is 11.2. The maximum Gasteiger partial charge on any atom is 0.330 e. The minimum atomic E-state index is -1.93. The lowest BCUT2D eigenvalue weighted by Crippen LogP contribution is -2.49. The van der Waals surface area contributed by atoms with Crippen molar-refractivity contribution < 1.29 is 23.8 Å². The Morgan fingerprint density at radius 2 is 2.08 bits per heavy atom. The number of aliphatic hydroxyl groups excluding tert-OH is 1. The van der Waals surface area contributed by atoms with E-state index in [9.17, 15) is 9.90 Å². The molecule has 1 N–H and O–H groups in total. The lowest BCUT2D eigenvalue weighted by molar-refractivity contribution is -0.135. The van der Waals surface area contributed by atoms with Crippen molar-refractivity contribution in [2.24, 2.45) is 17.3 Å². The van der Waals surface area contributed by atoms with Crippen molar-refractivity contribution in [3.63, 3.8) is 0 Å². The van der Waals surface area contributed by atoms with Gasteiger partial charge in [0.1, 0.15) is 0 Å². The zero-order valence-corrected chi connectivity index (χ0v) is 18.2. The molecule has 0 aromatic carbocycles. The van der Waals surface area contributed by atoms with Crippen LogP contribution in [0.5, 0.6) is 0 Å². The van der Waals surface area contributed by atoms with E-state index < -0.39 is 8.32 Å². The molecule has 5 nitrogen and oxygen atoms in total. The zero-order valence-electron chi connectivity index (χ0n) is 17.2. The van der Waals surface area contributed by atoms with Crippen molar-refractivity contribution in [3.05, 3.63) is 12.2 Å². The van der Waals surface area contributed by atoms with E-state index in [0.29, 0.717) is 19.1 Å². The van der Waals surface area contributed by atoms with Crippen molar-refractivity contribution in [1.29, 1.82) is 0 Å². The van der Waals surface area contributed by atoms with Crippen molar-refractivity contribution in [1.82, 2.24) is 0 Å². The minimum Gasteiger partial charge on any atom is -0.466 e. The summed E-state index contributed by atoms with van der Waals surface area (Å²) in [5, 5.41) is 9.97. The zero-order chi connectivity index (χ0) is 19.6. The lowest BCUT2D eigenvalue weighted by Gasteiger charge is -2.47. The minimum absolute atomic E-state index is 0.00900. The highest BCUT2D eigenvalue weighted by Crippen LogP contribution is 2.52. The van der Waals surface area contributed by atoms with Crippen LogP contribution >= 0.6 is 0 Å². The fraction of sp³-hybridized carbons (Fsp3) is 0.850. The van der Waals surface area contributed by atoms with E-state index >= 15 is 0 Å². The molecule has 0 aromatic heterocycles. The van der Waals surface area contributed by atoms with Gasteiger partial charge < -0.3 is 19.0 Å². The Morgan fingerprint density at radius 1 is 1.38 bits per heavy atom. The molecule has 1 saturated carbocycles. The first-order chi connectivity index (χ1) is 12.1. The summed E-state index contributed by atoms with van der Waals surface area (Å²) in [6, 6.07) is 0. The molecule has 0 unspecified atom stereocenters. The number of fused-ring (bicyclic) bond motifs is 1. The second-order valence-electron chi connectivity index (χ2n) is 9.37. The predicted molar refractivity (Wildman–Crippen MR) is 104 cm³/mol. The van der Waals surface area contributed by atoms with Gasteiger partial charge in [0, 0.05) is 24.0 Å². The highest BCUT2D eigenvalue weighted by Gasteiger charge is 2.52. The summed E-state index contributed by atoms with van der Waals surface area (Å²) in [6.45, 7) is 12.5. The number of ether oxygens (including phenoxy) is 2. The molecule has 2 rings (SSSR count). The molecule has 0 radical (unpaired) electrons. The highest BCUT2D eigenvalue weighted by molar-refractivity contribution is 6.74. The van der Waals surface area contributed by atoms with E-state index in [1.807, 2.05) is 6.08 Å². The Hall–Kier alpha value is -0.693. The molecule has 1 saturated heterocycles. The van der Waals surface area contributed by atoms with Crippen LogP contribution in [0.1, 0.15) is 40.0 Å². The number of carbonyl (C=O) groups excluding carboxylic acids is 1. The Kier molecular flexibility index (Phi) is 6.75. The van der Waals surface area contributed by atoms with Gasteiger partial charge in [-0.05, 0) is 36.9 Å². The monoisotopic (exact) mass is 384 g/mol. The van der Waals surface area contributed by atoms with Crippen LogP contribution in [0.15, 0.2) is 12.2 Å². The van der Waals surface area contributed by atoms with Crippen LogP contribution in [0, 0.1) is 17.3 Å². The van der Waals surface area contributed by atoms with Gasteiger partial charge in [-0.15, -0.1) is 0 Å². The van der Waals surface area contributed by atoms with E-state index in [-0.39, 0.29) is 35.1 Å². The first-order valence-electron chi connectivity index (χ1n) is 9.70. The summed E-state index contributed by atoms with van der Waals surface area (Å²) in [5.74, 6) is 0.233. The Labute approximate surface area is 159 Å². The maximum atomic E-state index is 11.8. The number of aliphatic hydroxyl groups is 1. The van der Waals surface area contributed by atoms with Gasteiger partial charge in [0.15, 0.2) is 8.32 Å². The molecular formula is C20H36O5Si. The van der Waals surface area contributed by atoms with Crippen LogP contribution in [0.25, 0.3) is 0 Å². The van der Waals surface area contributed by atoms with Crippen LogP contribution in [0.2, 0.25) is 18.1 Å². The summed E-state index contributed by atoms with van der Waals surface area (Å²) in [4.78, 5) is 11.8. The second kappa shape index (κ2) is 8.13. The van der Waals surface area contributed by atoms with Crippen molar-refractivity contribution in [2.75, 3.05) is 26.9 Å². The predicted octanol–water partition coefficient (Wildman–Crippen LogP) is 3.53. The van der Waals surface area contributed by atoms with Gasteiger partial charge in [0.25, 0.3) is 0 Å². The van der Waals surface area contributed by atoms with Crippen molar-refractivity contribution in [2.45, 2.75) is 64.3 Å². The molecule has 2 aliphatic rings. The summed E-state index contributed by atoms with van der Waals surface area (Å²) >= 11 is 0. The van der Waals surface area contributed by atoms with E-state index in [1.54, 1.807) is 0 Å². The number of hydrogen-bond donors (Lipinski definition) is 1. The fourth-order valence-corrected chi connectivity index (χ4v) is 5.19. The molecule has 1 aliphatic heterocycles. The number of esters is 1. The van der Waals surface area contributed by atoms with Crippen LogP contribution in [-0.2, 0) is 18.7 Å². The summed E-state index contributed by atoms with van der Waals surface area (Å²) < 4.78 is 17.3. The Balaban J connectivity index is 2.33. The van der Waals surface area contributed by atoms with Gasteiger partial charge in [-0.25, -0.2) is 4.79 Å². The Bertz CT molecular complexity index is 519. The molecule has 0 bridgehead atoms. The molecular weight excluding hydrogens is 348 g/mol. The number of carbonyl (C=O) groups is 1. The van der Waals surface area contributed by atoms with Crippen molar-refractivity contribution >= 4 is 14.3 Å². The fourth-order valence-electron chi connectivity index (χ4n) is 4.13. The van der Waals surface area contributed by atoms with Crippen molar-refractivity contribution in [3.8, 4) is 0 Å². The normalized spacial score (nSPS) is 32.7. The molecule has 26 heavy (non-hydrogen) atoms. The first-order valence-corrected chi connectivity index (χ1v) is 12.6. The average Bonchev–Trinajstić information content (AvgIpc) is 3.01. The number of hydrogen-bond acceptors (Lipinski definition) is 5. The molecule has 150 valence electrons. The van der Waals surface area contributed by atoms with Gasteiger partial charge in [-0.3, -0.25) is 0 Å². The van der Waals surface area contributed by atoms with Crippen LogP contribution in [-0.4, -0.2) is 52.4 Å². The molecule has 2 fully saturated rings. The molecule has 4 atom stereocenters. The van der Waals surface area contributed by atoms with Crippen LogP contribution in [0.4, 0.5) is 0 Å². The lowest BCUT2D eigenvalue weighted by atomic mass is 9.61. The van der Waals surface area contributed by atoms with Gasteiger partial charge in [0.05, 0.1) is 26.4 Å². The average molecular weight is 385 g/mol. The Morgan fingerprint density at radius 3 is 2.65 bits per heavy atom. The number of methoxy groups -OCH3 is 1. The molecule has 0 spiro atoms. The third-order valence-electron chi connectivity index (χ3n) is 6.75. The largest absolute Gasteiger partial charge is 0.466 e. The van der Waals surface area contributed by atoms with E-state index in [4.69, 9.17) is 13.9 Å². The smallest absolute Gasteiger partial charge is 0.330 e. The maximum absolute atomic E-state index is 11.8. The third kappa shape index (κ3) is 4.41. The topological polar surface area (TPSA) is 65.0 Å². The highest BCUT2D eigenvalue weighted by atomic mass is 28.4. The van der Waals surface area contributed by atoms with Gasteiger partial charge in [-0.1, -0.05) is 33.3 Å². The van der Waals surface area contributed by atoms with E-state index in [1.165, 1.54) is 13.2 Å². The van der Waals surface area contributed by atoms with Gasteiger partial charge >= 0.3 is 5.97 Å². The van der Waals surface area contributed by atoms with Gasteiger partial charge in [0.2, 0.25) is 0 Å². The molecule has 6 heteroatoms. The molecule has 1 heterocycles. The standard InChI is InChI=1S/C20H36O5Si/c1-19(2,3)26(5,6)25-14-20(11-9-17(22)23-4)10-7-8-15-13-24-16(12-21)18(15)20/h9,11,15-16,18,21H,7-8,10,12-14H2,1-6H3/b11-9+/t15-,16-,18+,20+/m0/s1. The summed E-state index contributed by atoms with van der Waals surface area (Å²) in [6.07, 6.45) is 6.45. The van der Waals surface area contributed by atoms with Gasteiger partial charge in [-0.2, -0.15) is 0 Å². The first kappa shape index (κ1) is 21.6. The van der Waals surface area contributed by atoms with E-state index in [2.05, 4.69) is 33.9 Å². The van der Waals surface area contributed by atoms with Crippen LogP contribution in [0.3, 0.4) is 0 Å². The van der Waals surface area contributed by atoms with Crippen LogP contribution < -0.4 is 0 Å². The second-order valence-corrected chi connectivity index (χ2v) is 14.2. The number of rotatable bonds is 6. The quantitative estimate of drug-likeness (QED) is 0.431. The van der Waals surface area contributed by atoms with E-state index in [0.717, 1.165) is 19.3 Å². The summed E-state index contributed by atoms with van der Waals surface area (Å²) in [7, 11) is -0.537. The molecule has 0 amide bonds. The molecule has 0 aromatic rings. The summed E-state index contributed by atoms with van der Waals surface area (Å²) in [5.41, 5.74) is -0.295. The SMILES string of the molecule is COC(=O)/C=C/[C@@]1(CO[Si](C)(C)C(C)(C)C)CCC[C@H]2CO[C@@H](CO)[C@@H]21. The molecule has 1 aliphatic carbocycles.